The Hall–Kier alpha value is -1.71. The molecule has 0 amide bonds. The van der Waals surface area contributed by atoms with Gasteiger partial charge in [0.25, 0.3) is 0 Å². The largest absolute Gasteiger partial charge is 0.379 e. The van der Waals surface area contributed by atoms with Crippen molar-refractivity contribution < 1.29 is 13.2 Å². The molecule has 30 heavy (non-hydrogen) atoms. The molecule has 1 N–H and O–H groups in total. The van der Waals surface area contributed by atoms with Crippen LogP contribution < -0.4 is 5.32 Å². The van der Waals surface area contributed by atoms with E-state index in [9.17, 15) is 8.42 Å². The summed E-state index contributed by atoms with van der Waals surface area (Å²) in [6.45, 7) is 4.99. The molecule has 0 radical (unpaired) electrons. The van der Waals surface area contributed by atoms with Crippen LogP contribution in [0.5, 0.6) is 0 Å². The van der Waals surface area contributed by atoms with Crippen LogP contribution in [0.1, 0.15) is 18.9 Å². The number of hydrogen-bond donors (Lipinski definition) is 1. The van der Waals surface area contributed by atoms with Gasteiger partial charge in [0.05, 0.1) is 28.8 Å². The molecule has 0 aliphatic carbocycles. The number of ether oxygens (including phenoxy) is 1. The Morgan fingerprint density at radius 2 is 1.90 bits per heavy atom. The Kier molecular flexibility index (Phi) is 8.07. The lowest BCUT2D eigenvalue weighted by molar-refractivity contribution is 0.0730. The fourth-order valence-electron chi connectivity index (χ4n) is 3.22. The molecule has 0 spiro atoms. The van der Waals surface area contributed by atoms with Crippen molar-refractivity contribution in [1.29, 1.82) is 0 Å². The number of rotatable bonds is 7. The lowest BCUT2D eigenvalue weighted by Gasteiger charge is -2.27. The highest BCUT2D eigenvalue weighted by Gasteiger charge is 2.27. The van der Waals surface area contributed by atoms with E-state index in [1.807, 2.05) is 35.2 Å². The molecule has 1 aliphatic heterocycles. The number of thiocarbonyl (C=S) groups is 1. The van der Waals surface area contributed by atoms with Crippen molar-refractivity contribution in [3.05, 3.63) is 59.1 Å². The Balaban J connectivity index is 1.79. The average Bonchev–Trinajstić information content (AvgIpc) is 2.76. The zero-order chi connectivity index (χ0) is 21.6. The monoisotopic (exact) mass is 467 g/mol. The lowest BCUT2D eigenvalue weighted by atomic mass is 10.2. The first-order valence-electron chi connectivity index (χ1n) is 9.89. The van der Waals surface area contributed by atoms with E-state index < -0.39 is 10.0 Å². The number of hydrogen-bond acceptors (Lipinski definition) is 4. The maximum atomic E-state index is 13.0. The lowest BCUT2D eigenvalue weighted by Crippen LogP contribution is -2.40. The normalized spacial score (nSPS) is 15.0. The SMILES string of the molecule is CCCN(Cc1ccccc1)C(=S)Nc1cc(S(=O)(=O)N2CCOCC2)ccc1Cl. The van der Waals surface area contributed by atoms with Crippen LogP contribution in [0.4, 0.5) is 5.69 Å². The fraction of sp³-hybridized carbons (Fsp3) is 0.381. The van der Waals surface area contributed by atoms with Crippen LogP contribution >= 0.6 is 23.8 Å². The summed E-state index contributed by atoms with van der Waals surface area (Å²) in [5.41, 5.74) is 1.62. The van der Waals surface area contributed by atoms with Gasteiger partial charge in [-0.2, -0.15) is 4.31 Å². The third-order valence-corrected chi connectivity index (χ3v) is 7.37. The van der Waals surface area contributed by atoms with Gasteiger partial charge in [0.1, 0.15) is 0 Å². The number of nitrogens with zero attached hydrogens (tertiary/aromatic N) is 2. The highest BCUT2D eigenvalue weighted by Crippen LogP contribution is 2.28. The Bertz CT molecular complexity index is 965. The van der Waals surface area contributed by atoms with E-state index in [0.29, 0.717) is 48.7 Å². The summed E-state index contributed by atoms with van der Waals surface area (Å²) in [6, 6.07) is 14.7. The molecule has 0 atom stereocenters. The van der Waals surface area contributed by atoms with Crippen LogP contribution in [-0.2, 0) is 21.3 Å². The molecule has 0 unspecified atom stereocenters. The summed E-state index contributed by atoms with van der Waals surface area (Å²) in [5.74, 6) is 0. The van der Waals surface area contributed by atoms with E-state index in [-0.39, 0.29) is 4.90 Å². The van der Waals surface area contributed by atoms with Gasteiger partial charge in [-0.3, -0.25) is 0 Å². The van der Waals surface area contributed by atoms with Gasteiger partial charge in [0, 0.05) is 26.2 Å². The molecule has 0 bridgehead atoms. The minimum absolute atomic E-state index is 0.184. The molecule has 6 nitrogen and oxygen atoms in total. The molecule has 2 aromatic rings. The second kappa shape index (κ2) is 10.5. The van der Waals surface area contributed by atoms with Crippen LogP contribution in [0.2, 0.25) is 5.02 Å². The number of sulfonamides is 1. The Morgan fingerprint density at radius 3 is 2.57 bits per heavy atom. The Morgan fingerprint density at radius 1 is 1.20 bits per heavy atom. The average molecular weight is 468 g/mol. The molecular formula is C21H26ClN3O3S2. The van der Waals surface area contributed by atoms with Gasteiger partial charge in [-0.15, -0.1) is 0 Å². The minimum Gasteiger partial charge on any atom is -0.379 e. The molecule has 0 saturated carbocycles. The quantitative estimate of drug-likeness (QED) is 0.622. The second-order valence-corrected chi connectivity index (χ2v) is 9.73. The molecule has 1 fully saturated rings. The summed E-state index contributed by atoms with van der Waals surface area (Å²) in [4.78, 5) is 2.23. The zero-order valence-corrected chi connectivity index (χ0v) is 19.3. The van der Waals surface area contributed by atoms with Gasteiger partial charge in [-0.05, 0) is 42.4 Å². The maximum Gasteiger partial charge on any atom is 0.243 e. The van der Waals surface area contributed by atoms with Gasteiger partial charge in [-0.25, -0.2) is 8.42 Å². The maximum absolute atomic E-state index is 13.0. The predicted octanol–water partition coefficient (Wildman–Crippen LogP) is 3.97. The number of anilines is 1. The van der Waals surface area contributed by atoms with Crippen molar-refractivity contribution >= 4 is 44.6 Å². The molecule has 1 saturated heterocycles. The molecule has 0 aromatic heterocycles. The van der Waals surface area contributed by atoms with Crippen LogP contribution in [0.15, 0.2) is 53.4 Å². The van der Waals surface area contributed by atoms with Crippen LogP contribution in [0, 0.1) is 0 Å². The summed E-state index contributed by atoms with van der Waals surface area (Å²) in [6.07, 6.45) is 0.924. The molecule has 1 heterocycles. The van der Waals surface area contributed by atoms with E-state index in [2.05, 4.69) is 12.2 Å². The van der Waals surface area contributed by atoms with Crippen molar-refractivity contribution in [2.45, 2.75) is 24.8 Å². The minimum atomic E-state index is -3.62. The summed E-state index contributed by atoms with van der Waals surface area (Å²) in [5, 5.41) is 4.06. The standard InChI is InChI=1S/C21H26ClN3O3S2/c1-2-10-24(16-17-6-4-3-5-7-17)21(29)23-20-15-18(8-9-19(20)22)30(26,27)25-11-13-28-14-12-25/h3-9,15H,2,10-14,16H2,1H3,(H,23,29). The molecule has 1 aliphatic rings. The van der Waals surface area contributed by atoms with E-state index in [0.717, 1.165) is 18.5 Å². The molecule has 162 valence electrons. The van der Waals surface area contributed by atoms with Gasteiger partial charge in [0.2, 0.25) is 10.0 Å². The van der Waals surface area contributed by atoms with Crippen molar-refractivity contribution in [2.24, 2.45) is 0 Å². The Labute approximate surface area is 188 Å². The van der Waals surface area contributed by atoms with E-state index in [1.54, 1.807) is 12.1 Å². The fourth-order valence-corrected chi connectivity index (χ4v) is 5.08. The van der Waals surface area contributed by atoms with Crippen molar-refractivity contribution in [3.63, 3.8) is 0 Å². The first kappa shape index (κ1) is 23.0. The molecule has 3 rings (SSSR count). The topological polar surface area (TPSA) is 61.9 Å². The van der Waals surface area contributed by atoms with Gasteiger partial charge >= 0.3 is 0 Å². The first-order valence-corrected chi connectivity index (χ1v) is 12.1. The summed E-state index contributed by atoms with van der Waals surface area (Å²) in [7, 11) is -3.62. The number of morpholine rings is 1. The summed E-state index contributed by atoms with van der Waals surface area (Å²) < 4.78 is 32.6. The molecule has 2 aromatic carbocycles. The van der Waals surface area contributed by atoms with Crippen LogP contribution in [-0.4, -0.2) is 55.6 Å². The molecule has 9 heteroatoms. The van der Waals surface area contributed by atoms with Crippen LogP contribution in [0.3, 0.4) is 0 Å². The van der Waals surface area contributed by atoms with Gasteiger partial charge < -0.3 is 15.0 Å². The zero-order valence-electron chi connectivity index (χ0n) is 16.9. The highest BCUT2D eigenvalue weighted by atomic mass is 35.5. The highest BCUT2D eigenvalue weighted by molar-refractivity contribution is 7.89. The second-order valence-electron chi connectivity index (χ2n) is 7.00. The van der Waals surface area contributed by atoms with Gasteiger partial charge in [-0.1, -0.05) is 48.9 Å². The van der Waals surface area contributed by atoms with E-state index in [1.165, 1.54) is 10.4 Å². The number of nitrogens with one attached hydrogen (secondary N) is 1. The smallest absolute Gasteiger partial charge is 0.243 e. The van der Waals surface area contributed by atoms with Crippen molar-refractivity contribution in [2.75, 3.05) is 38.2 Å². The number of halogens is 1. The number of benzene rings is 2. The predicted molar refractivity (Wildman–Crippen MR) is 124 cm³/mol. The molecular weight excluding hydrogens is 442 g/mol. The third-order valence-electron chi connectivity index (χ3n) is 4.78. The van der Waals surface area contributed by atoms with Crippen molar-refractivity contribution in [1.82, 2.24) is 9.21 Å². The van der Waals surface area contributed by atoms with E-state index >= 15 is 0 Å². The summed E-state index contributed by atoms with van der Waals surface area (Å²) >= 11 is 12.0. The third kappa shape index (κ3) is 5.70. The van der Waals surface area contributed by atoms with Crippen molar-refractivity contribution in [3.8, 4) is 0 Å². The first-order chi connectivity index (χ1) is 14.4. The van der Waals surface area contributed by atoms with Gasteiger partial charge in [0.15, 0.2) is 5.11 Å². The van der Waals surface area contributed by atoms with E-state index in [4.69, 9.17) is 28.6 Å². The van der Waals surface area contributed by atoms with Crippen LogP contribution in [0.25, 0.3) is 0 Å².